The first-order chi connectivity index (χ1) is 12.8. The maximum atomic E-state index is 12.0. The highest BCUT2D eigenvalue weighted by molar-refractivity contribution is 5.78. The lowest BCUT2D eigenvalue weighted by atomic mass is 9.87. The zero-order chi connectivity index (χ0) is 19.9. The summed E-state index contributed by atoms with van der Waals surface area (Å²) in [4.78, 5) is 25.6. The number of piperidine rings is 1. The van der Waals surface area contributed by atoms with E-state index in [1.807, 2.05) is 12.1 Å². The van der Waals surface area contributed by atoms with Gasteiger partial charge in [-0.3, -0.25) is 14.5 Å². The second-order valence-electron chi connectivity index (χ2n) is 8.05. The van der Waals surface area contributed by atoms with Crippen LogP contribution in [0.4, 0.5) is 0 Å². The average Bonchev–Trinajstić information content (AvgIpc) is 2.65. The summed E-state index contributed by atoms with van der Waals surface area (Å²) in [5.41, 5.74) is 1.39. The van der Waals surface area contributed by atoms with Crippen LogP contribution in [-0.4, -0.2) is 56.7 Å². The fourth-order valence-electron chi connectivity index (χ4n) is 3.16. The molecule has 0 spiro atoms. The second kappa shape index (κ2) is 9.74. The number of esters is 1. The van der Waals surface area contributed by atoms with E-state index in [1.165, 1.54) is 12.7 Å². The molecule has 150 valence electrons. The fraction of sp³-hybridized carbons (Fsp3) is 0.619. The number of rotatable bonds is 7. The van der Waals surface area contributed by atoms with Crippen LogP contribution in [-0.2, 0) is 19.7 Å². The molecule has 6 nitrogen and oxygen atoms in total. The predicted octanol–water partition coefficient (Wildman–Crippen LogP) is 2.36. The number of hydrogen-bond donors (Lipinski definition) is 1. The summed E-state index contributed by atoms with van der Waals surface area (Å²) < 4.78 is 10.5. The van der Waals surface area contributed by atoms with Crippen molar-refractivity contribution in [2.45, 2.75) is 39.0 Å². The monoisotopic (exact) mass is 376 g/mol. The fourth-order valence-corrected chi connectivity index (χ4v) is 3.16. The molecule has 1 N–H and O–H groups in total. The summed E-state index contributed by atoms with van der Waals surface area (Å²) in [6.45, 7) is 9.27. The van der Waals surface area contributed by atoms with Crippen LogP contribution in [0, 0.1) is 5.92 Å². The Labute approximate surface area is 162 Å². The number of carbonyl (C=O) groups excluding carboxylic acids is 2. The maximum Gasteiger partial charge on any atom is 0.308 e. The quantitative estimate of drug-likeness (QED) is 0.584. The standard InChI is InChI=1S/C21H32N2O4/c1-21(2,3)17-5-7-18(8-6-17)27-14-11-22-19(24)15-23-12-9-16(10-13-23)20(25)26-4/h5-8,16H,9-15H2,1-4H3,(H,22,24). The van der Waals surface area contributed by atoms with E-state index in [0.717, 1.165) is 31.7 Å². The molecule has 0 saturated carbocycles. The number of nitrogens with zero attached hydrogens (tertiary/aromatic N) is 1. The second-order valence-corrected chi connectivity index (χ2v) is 8.05. The molecule has 1 aliphatic rings. The number of amides is 1. The van der Waals surface area contributed by atoms with Gasteiger partial charge in [0.25, 0.3) is 0 Å². The number of likely N-dealkylation sites (tertiary alicyclic amines) is 1. The van der Waals surface area contributed by atoms with Crippen LogP contribution < -0.4 is 10.1 Å². The van der Waals surface area contributed by atoms with Crippen molar-refractivity contribution < 1.29 is 19.1 Å². The summed E-state index contributed by atoms with van der Waals surface area (Å²) in [5.74, 6) is 0.611. The summed E-state index contributed by atoms with van der Waals surface area (Å²) in [5, 5.41) is 2.88. The molecule has 0 aromatic heterocycles. The molecule has 0 unspecified atom stereocenters. The van der Waals surface area contributed by atoms with Crippen LogP contribution >= 0.6 is 0 Å². The lowest BCUT2D eigenvalue weighted by Crippen LogP contribution is -2.43. The lowest BCUT2D eigenvalue weighted by molar-refractivity contribution is -0.147. The molecule has 1 aliphatic heterocycles. The molecule has 1 aromatic carbocycles. The maximum absolute atomic E-state index is 12.0. The van der Waals surface area contributed by atoms with E-state index < -0.39 is 0 Å². The third-order valence-electron chi connectivity index (χ3n) is 4.90. The van der Waals surface area contributed by atoms with Crippen molar-refractivity contribution in [2.24, 2.45) is 5.92 Å². The van der Waals surface area contributed by atoms with Crippen LogP contribution in [0.5, 0.6) is 5.75 Å². The molecule has 1 fully saturated rings. The molecular formula is C21H32N2O4. The Balaban J connectivity index is 1.62. The number of benzene rings is 1. The smallest absolute Gasteiger partial charge is 0.308 e. The highest BCUT2D eigenvalue weighted by Gasteiger charge is 2.26. The topological polar surface area (TPSA) is 67.9 Å². The first-order valence-corrected chi connectivity index (χ1v) is 9.60. The molecule has 0 aliphatic carbocycles. The van der Waals surface area contributed by atoms with Gasteiger partial charge in [-0.05, 0) is 49.0 Å². The summed E-state index contributed by atoms with van der Waals surface area (Å²) in [6.07, 6.45) is 1.49. The van der Waals surface area contributed by atoms with Gasteiger partial charge < -0.3 is 14.8 Å². The Morgan fingerprint density at radius 1 is 1.15 bits per heavy atom. The van der Waals surface area contributed by atoms with Gasteiger partial charge in [-0.1, -0.05) is 32.9 Å². The van der Waals surface area contributed by atoms with Gasteiger partial charge in [-0.25, -0.2) is 0 Å². The van der Waals surface area contributed by atoms with Gasteiger partial charge in [0, 0.05) is 0 Å². The minimum absolute atomic E-state index is 0.0156. The number of nitrogens with one attached hydrogen (secondary N) is 1. The number of carbonyl (C=O) groups is 2. The van der Waals surface area contributed by atoms with E-state index in [1.54, 1.807) is 0 Å². The Morgan fingerprint density at radius 2 is 1.78 bits per heavy atom. The highest BCUT2D eigenvalue weighted by Crippen LogP contribution is 2.24. The van der Waals surface area contributed by atoms with Crippen molar-refractivity contribution in [3.05, 3.63) is 29.8 Å². The van der Waals surface area contributed by atoms with Crippen LogP contribution in [0.15, 0.2) is 24.3 Å². The lowest BCUT2D eigenvalue weighted by Gasteiger charge is -2.29. The zero-order valence-corrected chi connectivity index (χ0v) is 16.9. The molecule has 0 atom stereocenters. The zero-order valence-electron chi connectivity index (χ0n) is 16.9. The van der Waals surface area contributed by atoms with Crippen molar-refractivity contribution in [3.8, 4) is 5.75 Å². The van der Waals surface area contributed by atoms with Gasteiger partial charge in [0.1, 0.15) is 12.4 Å². The van der Waals surface area contributed by atoms with Gasteiger partial charge in [-0.15, -0.1) is 0 Å². The van der Waals surface area contributed by atoms with Crippen LogP contribution in [0.2, 0.25) is 0 Å². The van der Waals surface area contributed by atoms with Gasteiger partial charge in [0.15, 0.2) is 0 Å². The first kappa shape index (κ1) is 21.2. The summed E-state index contributed by atoms with van der Waals surface area (Å²) in [7, 11) is 1.42. The van der Waals surface area contributed by atoms with Crippen LogP contribution in [0.3, 0.4) is 0 Å². The molecule has 6 heteroatoms. The molecule has 1 heterocycles. The minimum Gasteiger partial charge on any atom is -0.492 e. The Bertz CT molecular complexity index is 614. The Kier molecular flexibility index (Phi) is 7.66. The van der Waals surface area contributed by atoms with Crippen molar-refractivity contribution in [2.75, 3.05) is 39.9 Å². The van der Waals surface area contributed by atoms with Crippen molar-refractivity contribution >= 4 is 11.9 Å². The van der Waals surface area contributed by atoms with Crippen molar-refractivity contribution in [1.82, 2.24) is 10.2 Å². The average molecular weight is 376 g/mol. The van der Waals surface area contributed by atoms with E-state index in [4.69, 9.17) is 9.47 Å². The van der Waals surface area contributed by atoms with Crippen molar-refractivity contribution in [1.29, 1.82) is 0 Å². The van der Waals surface area contributed by atoms with E-state index in [0.29, 0.717) is 19.7 Å². The Morgan fingerprint density at radius 3 is 2.33 bits per heavy atom. The SMILES string of the molecule is COC(=O)C1CCN(CC(=O)NCCOc2ccc(C(C)(C)C)cc2)CC1. The van der Waals surface area contributed by atoms with E-state index in [-0.39, 0.29) is 23.2 Å². The van der Waals surface area contributed by atoms with Gasteiger partial charge in [0.05, 0.1) is 26.1 Å². The van der Waals surface area contributed by atoms with E-state index >= 15 is 0 Å². The molecule has 1 aromatic rings. The number of methoxy groups -OCH3 is 1. The first-order valence-electron chi connectivity index (χ1n) is 9.60. The van der Waals surface area contributed by atoms with Gasteiger partial charge in [-0.2, -0.15) is 0 Å². The summed E-state index contributed by atoms with van der Waals surface area (Å²) in [6, 6.07) is 8.08. The van der Waals surface area contributed by atoms with Gasteiger partial charge >= 0.3 is 5.97 Å². The van der Waals surface area contributed by atoms with Crippen molar-refractivity contribution in [3.63, 3.8) is 0 Å². The normalized spacial score (nSPS) is 16.0. The van der Waals surface area contributed by atoms with E-state index in [2.05, 4.69) is 43.1 Å². The number of ether oxygens (including phenoxy) is 2. The molecule has 1 amide bonds. The third-order valence-corrected chi connectivity index (χ3v) is 4.90. The molecule has 2 rings (SSSR count). The minimum atomic E-state index is -0.146. The Hall–Kier alpha value is -2.08. The van der Waals surface area contributed by atoms with Crippen LogP contribution in [0.1, 0.15) is 39.2 Å². The number of hydrogen-bond acceptors (Lipinski definition) is 5. The largest absolute Gasteiger partial charge is 0.492 e. The summed E-state index contributed by atoms with van der Waals surface area (Å²) >= 11 is 0. The van der Waals surface area contributed by atoms with Crippen LogP contribution in [0.25, 0.3) is 0 Å². The predicted molar refractivity (Wildman–Crippen MR) is 105 cm³/mol. The molecule has 1 saturated heterocycles. The highest BCUT2D eigenvalue weighted by atomic mass is 16.5. The van der Waals surface area contributed by atoms with E-state index in [9.17, 15) is 9.59 Å². The molecule has 0 radical (unpaired) electrons. The van der Waals surface area contributed by atoms with Gasteiger partial charge in [0.2, 0.25) is 5.91 Å². The molecular weight excluding hydrogens is 344 g/mol. The molecule has 27 heavy (non-hydrogen) atoms. The molecule has 0 bridgehead atoms. The third kappa shape index (κ3) is 6.86.